The third kappa shape index (κ3) is 6.12. The van der Waals surface area contributed by atoms with Crippen LogP contribution in [-0.2, 0) is 4.79 Å². The summed E-state index contributed by atoms with van der Waals surface area (Å²) in [7, 11) is 3.76. The van der Waals surface area contributed by atoms with E-state index in [1.807, 2.05) is 19.0 Å². The average Bonchev–Trinajstić information content (AvgIpc) is 1.99. The van der Waals surface area contributed by atoms with Crippen LogP contribution in [0.1, 0.15) is 13.3 Å². The number of nitrogens with zero attached hydrogens (tertiary/aromatic N) is 1. The van der Waals surface area contributed by atoms with Crippen molar-refractivity contribution in [3.63, 3.8) is 0 Å². The quantitative estimate of drug-likeness (QED) is 0.587. The van der Waals surface area contributed by atoms with Gasteiger partial charge in [0.05, 0.1) is 6.10 Å². The molecule has 0 aromatic carbocycles. The topological polar surface area (TPSA) is 52.6 Å². The van der Waals surface area contributed by atoms with Gasteiger partial charge in [-0.2, -0.15) is 0 Å². The molecule has 0 radical (unpaired) electrons. The predicted molar refractivity (Wildman–Crippen MR) is 47.9 cm³/mol. The van der Waals surface area contributed by atoms with Crippen molar-refractivity contribution in [3.8, 4) is 0 Å². The summed E-state index contributed by atoms with van der Waals surface area (Å²) in [6.45, 7) is 2.70. The van der Waals surface area contributed by atoms with Crippen LogP contribution in [0.4, 0.5) is 0 Å². The van der Waals surface area contributed by atoms with Crippen molar-refractivity contribution in [1.82, 2.24) is 10.2 Å². The van der Waals surface area contributed by atoms with Crippen LogP contribution >= 0.6 is 0 Å². The van der Waals surface area contributed by atoms with Crippen LogP contribution in [0.25, 0.3) is 0 Å². The number of carbonyl (C=O) groups is 1. The highest BCUT2D eigenvalue weighted by Gasteiger charge is 2.05. The Labute approximate surface area is 73.6 Å². The van der Waals surface area contributed by atoms with E-state index in [2.05, 4.69) is 5.32 Å². The molecule has 4 heteroatoms. The summed E-state index contributed by atoms with van der Waals surface area (Å²) >= 11 is 0. The number of hydrogen-bond acceptors (Lipinski definition) is 3. The fourth-order valence-corrected chi connectivity index (χ4v) is 0.843. The van der Waals surface area contributed by atoms with Crippen LogP contribution in [0, 0.1) is 0 Å². The first kappa shape index (κ1) is 11.4. The molecule has 0 aromatic rings. The van der Waals surface area contributed by atoms with Crippen molar-refractivity contribution >= 4 is 5.91 Å². The monoisotopic (exact) mass is 174 g/mol. The highest BCUT2D eigenvalue weighted by molar-refractivity contribution is 5.75. The maximum Gasteiger partial charge on any atom is 0.219 e. The number of nitrogens with one attached hydrogen (secondary N) is 1. The molecular formula is C8H18N2O2. The Morgan fingerprint density at radius 3 is 2.58 bits per heavy atom. The fraction of sp³-hybridized carbons (Fsp3) is 0.875. The van der Waals surface area contributed by atoms with Crippen molar-refractivity contribution in [2.75, 3.05) is 27.2 Å². The Morgan fingerprint density at radius 2 is 2.17 bits per heavy atom. The molecule has 1 atom stereocenters. The molecule has 0 aliphatic rings. The minimum absolute atomic E-state index is 0.0205. The largest absolute Gasteiger partial charge is 0.390 e. The molecule has 0 bridgehead atoms. The van der Waals surface area contributed by atoms with Crippen molar-refractivity contribution in [2.45, 2.75) is 19.4 Å². The van der Waals surface area contributed by atoms with Crippen molar-refractivity contribution in [3.05, 3.63) is 0 Å². The Bertz CT molecular complexity index is 137. The molecule has 0 spiro atoms. The second-order valence-corrected chi connectivity index (χ2v) is 3.07. The summed E-state index contributed by atoms with van der Waals surface area (Å²) < 4.78 is 0. The number of hydrogen-bond donors (Lipinski definition) is 2. The molecule has 0 aliphatic carbocycles. The maximum absolute atomic E-state index is 10.8. The zero-order chi connectivity index (χ0) is 9.56. The number of rotatable bonds is 5. The van der Waals surface area contributed by atoms with Gasteiger partial charge < -0.3 is 15.3 Å². The van der Waals surface area contributed by atoms with Crippen molar-refractivity contribution in [1.29, 1.82) is 0 Å². The molecule has 4 nitrogen and oxygen atoms in total. The van der Waals surface area contributed by atoms with Gasteiger partial charge in [0.25, 0.3) is 0 Å². The first-order valence-corrected chi connectivity index (χ1v) is 4.15. The molecule has 12 heavy (non-hydrogen) atoms. The van der Waals surface area contributed by atoms with Gasteiger partial charge in [-0.15, -0.1) is 0 Å². The first-order valence-electron chi connectivity index (χ1n) is 4.15. The van der Waals surface area contributed by atoms with E-state index in [1.54, 1.807) is 6.92 Å². The Balaban J connectivity index is 3.43. The Hall–Kier alpha value is -0.610. The number of aliphatic hydroxyl groups excluding tert-OH is 1. The van der Waals surface area contributed by atoms with E-state index in [-0.39, 0.29) is 5.91 Å². The lowest BCUT2D eigenvalue weighted by Crippen LogP contribution is -2.37. The third-order valence-corrected chi connectivity index (χ3v) is 1.43. The van der Waals surface area contributed by atoms with Crippen LogP contribution in [0.3, 0.4) is 0 Å². The smallest absolute Gasteiger partial charge is 0.219 e. The van der Waals surface area contributed by atoms with Gasteiger partial charge in [-0.25, -0.2) is 0 Å². The lowest BCUT2D eigenvalue weighted by atomic mass is 10.3. The van der Waals surface area contributed by atoms with Gasteiger partial charge in [0.1, 0.15) is 0 Å². The summed E-state index contributed by atoms with van der Waals surface area (Å²) in [5.74, 6) is -0.0205. The van der Waals surface area contributed by atoms with Crippen LogP contribution < -0.4 is 5.32 Å². The number of likely N-dealkylation sites (N-methyl/N-ethyl adjacent to an activating group) is 1. The lowest BCUT2D eigenvalue weighted by Gasteiger charge is -2.15. The van der Waals surface area contributed by atoms with Crippen LogP contribution in [0.2, 0.25) is 0 Å². The van der Waals surface area contributed by atoms with Crippen molar-refractivity contribution < 1.29 is 9.90 Å². The molecule has 1 unspecified atom stereocenters. The van der Waals surface area contributed by atoms with E-state index in [9.17, 15) is 9.90 Å². The third-order valence-electron chi connectivity index (χ3n) is 1.43. The lowest BCUT2D eigenvalue weighted by molar-refractivity contribution is -0.121. The van der Waals surface area contributed by atoms with E-state index in [0.717, 1.165) is 0 Å². The fourth-order valence-electron chi connectivity index (χ4n) is 0.843. The molecule has 0 saturated carbocycles. The van der Waals surface area contributed by atoms with E-state index in [0.29, 0.717) is 19.5 Å². The van der Waals surface area contributed by atoms with Gasteiger partial charge in [0, 0.05) is 19.5 Å². The SMILES string of the molecule is CCC(=O)NCC(O)CN(C)C. The molecule has 72 valence electrons. The molecule has 0 saturated heterocycles. The predicted octanol–water partition coefficient (Wildman–Crippen LogP) is -0.565. The highest BCUT2D eigenvalue weighted by Crippen LogP contribution is 1.84. The molecule has 0 aliphatic heterocycles. The van der Waals surface area contributed by atoms with E-state index < -0.39 is 6.10 Å². The first-order chi connectivity index (χ1) is 5.56. The minimum atomic E-state index is -0.476. The number of carbonyl (C=O) groups excluding carboxylic acids is 1. The van der Waals surface area contributed by atoms with Crippen LogP contribution in [-0.4, -0.2) is 49.2 Å². The van der Waals surface area contributed by atoms with Crippen LogP contribution in [0.5, 0.6) is 0 Å². The highest BCUT2D eigenvalue weighted by atomic mass is 16.3. The summed E-state index contributed by atoms with van der Waals surface area (Å²) in [6, 6.07) is 0. The standard InChI is InChI=1S/C8H18N2O2/c1-4-8(12)9-5-7(11)6-10(2)3/h7,11H,4-6H2,1-3H3,(H,9,12). The maximum atomic E-state index is 10.8. The molecule has 0 rings (SSSR count). The van der Waals surface area contributed by atoms with E-state index >= 15 is 0 Å². The van der Waals surface area contributed by atoms with E-state index in [4.69, 9.17) is 0 Å². The second kappa shape index (κ2) is 5.97. The number of aliphatic hydroxyl groups is 1. The molecule has 1 amide bonds. The normalized spacial score (nSPS) is 13.1. The molecule has 0 fully saturated rings. The van der Waals surface area contributed by atoms with E-state index in [1.165, 1.54) is 0 Å². The van der Waals surface area contributed by atoms with Crippen LogP contribution in [0.15, 0.2) is 0 Å². The zero-order valence-corrected chi connectivity index (χ0v) is 8.00. The van der Waals surface area contributed by atoms with Gasteiger partial charge in [-0.3, -0.25) is 4.79 Å². The Morgan fingerprint density at radius 1 is 1.58 bits per heavy atom. The molecule has 2 N–H and O–H groups in total. The summed E-state index contributed by atoms with van der Waals surface area (Å²) in [5, 5.41) is 11.9. The van der Waals surface area contributed by atoms with Crippen molar-refractivity contribution in [2.24, 2.45) is 0 Å². The van der Waals surface area contributed by atoms with Gasteiger partial charge in [0.2, 0.25) is 5.91 Å². The average molecular weight is 174 g/mol. The zero-order valence-electron chi connectivity index (χ0n) is 8.00. The van der Waals surface area contributed by atoms with Gasteiger partial charge >= 0.3 is 0 Å². The molecule has 0 heterocycles. The molecule has 0 aromatic heterocycles. The number of amides is 1. The summed E-state index contributed by atoms with van der Waals surface area (Å²) in [6.07, 6.45) is -0.00944. The van der Waals surface area contributed by atoms with Gasteiger partial charge in [0.15, 0.2) is 0 Å². The summed E-state index contributed by atoms with van der Waals surface area (Å²) in [5.41, 5.74) is 0. The summed E-state index contributed by atoms with van der Waals surface area (Å²) in [4.78, 5) is 12.6. The second-order valence-electron chi connectivity index (χ2n) is 3.07. The Kier molecular flexibility index (Phi) is 5.66. The molecular weight excluding hydrogens is 156 g/mol. The van der Waals surface area contributed by atoms with Gasteiger partial charge in [-0.05, 0) is 14.1 Å². The van der Waals surface area contributed by atoms with Gasteiger partial charge in [-0.1, -0.05) is 6.92 Å². The minimum Gasteiger partial charge on any atom is -0.390 e.